The lowest BCUT2D eigenvalue weighted by Gasteiger charge is -2.17. The Balaban J connectivity index is 1.61. The highest BCUT2D eigenvalue weighted by molar-refractivity contribution is 6.32. The highest BCUT2D eigenvalue weighted by Crippen LogP contribution is 2.38. The molecule has 1 heterocycles. The molecule has 0 saturated carbocycles. The van der Waals surface area contributed by atoms with E-state index in [1.54, 1.807) is 23.1 Å². The second-order valence-electron chi connectivity index (χ2n) is 7.98. The molecule has 0 fully saturated rings. The highest BCUT2D eigenvalue weighted by atomic mass is 35.5. The van der Waals surface area contributed by atoms with Gasteiger partial charge in [0.2, 0.25) is 0 Å². The average molecular weight is 473 g/mol. The summed E-state index contributed by atoms with van der Waals surface area (Å²) in [5.41, 5.74) is 4.74. The number of nitrogens with zero attached hydrogens (tertiary/aromatic N) is 2. The summed E-state index contributed by atoms with van der Waals surface area (Å²) in [6, 6.07) is 21.2. The molecule has 1 aliphatic rings. The van der Waals surface area contributed by atoms with Crippen LogP contribution in [0.25, 0.3) is 6.08 Å². The van der Waals surface area contributed by atoms with Crippen molar-refractivity contribution in [1.82, 2.24) is 0 Å². The molecule has 4 rings (SSSR count). The lowest BCUT2D eigenvalue weighted by molar-refractivity contribution is -0.114. The minimum Gasteiger partial charge on any atom is -0.490 e. The molecule has 3 aromatic carbocycles. The fourth-order valence-electron chi connectivity index (χ4n) is 4.00. The average Bonchev–Trinajstić information content (AvgIpc) is 3.27. The van der Waals surface area contributed by atoms with Gasteiger partial charge in [-0.15, -0.1) is 0 Å². The maximum atomic E-state index is 13.1. The zero-order chi connectivity index (χ0) is 24.1. The maximum Gasteiger partial charge on any atom is 0.268 e. The van der Waals surface area contributed by atoms with Gasteiger partial charge in [0, 0.05) is 12.2 Å². The number of hydrogen-bond acceptors (Lipinski definition) is 4. The highest BCUT2D eigenvalue weighted by Gasteiger charge is 2.26. The van der Waals surface area contributed by atoms with Gasteiger partial charge in [-0.2, -0.15) is 5.26 Å². The monoisotopic (exact) mass is 472 g/mol. The molecule has 1 aliphatic heterocycles. The second kappa shape index (κ2) is 10.5. The molecule has 5 nitrogen and oxygen atoms in total. The number of benzene rings is 3. The van der Waals surface area contributed by atoms with E-state index in [-0.39, 0.29) is 11.5 Å². The predicted molar refractivity (Wildman–Crippen MR) is 134 cm³/mol. The fraction of sp³-hybridized carbons (Fsp3) is 0.214. The standard InChI is InChI=1S/C28H25ClN2O3/c1-3-33-26-16-20(15-24(29)27(26)34-18-22-10-5-4-8-19(22)2)14-23(17-30)28(32)31-13-12-21-9-6-7-11-25(21)31/h4-11,14-16H,3,12-13,18H2,1-2H3/b23-14+. The van der Waals surface area contributed by atoms with Crippen molar-refractivity contribution < 1.29 is 14.3 Å². The molecule has 0 atom stereocenters. The van der Waals surface area contributed by atoms with Gasteiger partial charge < -0.3 is 14.4 Å². The Morgan fingerprint density at radius 3 is 2.68 bits per heavy atom. The number of nitriles is 1. The summed E-state index contributed by atoms with van der Waals surface area (Å²) in [4.78, 5) is 14.8. The maximum absolute atomic E-state index is 13.1. The number of fused-ring (bicyclic) bond motifs is 1. The normalized spacial score (nSPS) is 12.8. The van der Waals surface area contributed by atoms with Crippen molar-refractivity contribution in [2.24, 2.45) is 0 Å². The zero-order valence-corrected chi connectivity index (χ0v) is 19.9. The molecule has 0 aliphatic carbocycles. The van der Waals surface area contributed by atoms with Crippen LogP contribution in [0, 0.1) is 18.3 Å². The molecule has 0 bridgehead atoms. The number of para-hydroxylation sites is 1. The number of ether oxygens (including phenoxy) is 2. The van der Waals surface area contributed by atoms with Crippen LogP contribution in [0.3, 0.4) is 0 Å². The van der Waals surface area contributed by atoms with Crippen molar-refractivity contribution in [3.63, 3.8) is 0 Å². The Morgan fingerprint density at radius 1 is 1.15 bits per heavy atom. The van der Waals surface area contributed by atoms with Crippen LogP contribution < -0.4 is 14.4 Å². The number of aryl methyl sites for hydroxylation is 1. The van der Waals surface area contributed by atoms with Crippen molar-refractivity contribution in [3.8, 4) is 17.6 Å². The molecular weight excluding hydrogens is 448 g/mol. The largest absolute Gasteiger partial charge is 0.490 e. The molecule has 1 amide bonds. The number of hydrogen-bond donors (Lipinski definition) is 0. The fourth-order valence-corrected chi connectivity index (χ4v) is 4.27. The first-order valence-corrected chi connectivity index (χ1v) is 11.5. The number of carbonyl (C=O) groups excluding carboxylic acids is 1. The van der Waals surface area contributed by atoms with Crippen molar-refractivity contribution in [2.45, 2.75) is 26.9 Å². The molecule has 34 heavy (non-hydrogen) atoms. The molecule has 3 aromatic rings. The molecule has 0 radical (unpaired) electrons. The van der Waals surface area contributed by atoms with Gasteiger partial charge in [-0.3, -0.25) is 4.79 Å². The topological polar surface area (TPSA) is 62.6 Å². The second-order valence-corrected chi connectivity index (χ2v) is 8.39. The van der Waals surface area contributed by atoms with Crippen LogP contribution in [-0.4, -0.2) is 19.1 Å². The Bertz CT molecular complexity index is 1290. The van der Waals surface area contributed by atoms with Crippen LogP contribution in [0.1, 0.15) is 29.2 Å². The number of anilines is 1. The SMILES string of the molecule is CCOc1cc(/C=C(\C#N)C(=O)N2CCc3ccccc32)cc(Cl)c1OCc1ccccc1C. The van der Waals surface area contributed by atoms with Gasteiger partial charge in [0.25, 0.3) is 5.91 Å². The van der Waals surface area contributed by atoms with Gasteiger partial charge in [-0.1, -0.05) is 54.1 Å². The number of carbonyl (C=O) groups is 1. The van der Waals surface area contributed by atoms with E-state index >= 15 is 0 Å². The van der Waals surface area contributed by atoms with E-state index in [0.717, 1.165) is 28.8 Å². The van der Waals surface area contributed by atoms with Gasteiger partial charge >= 0.3 is 0 Å². The summed E-state index contributed by atoms with van der Waals surface area (Å²) in [5.74, 6) is 0.565. The minimum atomic E-state index is -0.332. The lowest BCUT2D eigenvalue weighted by Crippen LogP contribution is -2.29. The first-order valence-electron chi connectivity index (χ1n) is 11.2. The van der Waals surface area contributed by atoms with Crippen LogP contribution in [0.5, 0.6) is 11.5 Å². The summed E-state index contributed by atoms with van der Waals surface area (Å²) in [5, 5.41) is 10.1. The quantitative estimate of drug-likeness (QED) is 0.307. The van der Waals surface area contributed by atoms with E-state index < -0.39 is 0 Å². The van der Waals surface area contributed by atoms with Gasteiger partial charge in [0.1, 0.15) is 18.2 Å². The van der Waals surface area contributed by atoms with Crippen LogP contribution in [0.2, 0.25) is 5.02 Å². The molecule has 0 N–H and O–H groups in total. The van der Waals surface area contributed by atoms with Gasteiger partial charge in [0.15, 0.2) is 11.5 Å². The first kappa shape index (κ1) is 23.4. The summed E-state index contributed by atoms with van der Waals surface area (Å²) in [6.07, 6.45) is 2.32. The van der Waals surface area contributed by atoms with Crippen LogP contribution in [0.4, 0.5) is 5.69 Å². The Morgan fingerprint density at radius 2 is 1.91 bits per heavy atom. The molecule has 0 saturated heterocycles. The van der Waals surface area contributed by atoms with E-state index in [1.165, 1.54) is 0 Å². The molecular formula is C28H25ClN2O3. The molecule has 0 spiro atoms. The lowest BCUT2D eigenvalue weighted by atomic mass is 10.1. The van der Waals surface area contributed by atoms with Crippen molar-refractivity contribution in [1.29, 1.82) is 5.26 Å². The molecule has 6 heteroatoms. The van der Waals surface area contributed by atoms with Crippen molar-refractivity contribution in [3.05, 3.63) is 93.5 Å². The summed E-state index contributed by atoms with van der Waals surface area (Å²) < 4.78 is 11.8. The van der Waals surface area contributed by atoms with E-state index in [9.17, 15) is 10.1 Å². The Kier molecular flexibility index (Phi) is 7.20. The Hall–Kier alpha value is -3.75. The van der Waals surface area contributed by atoms with E-state index in [0.29, 0.717) is 41.8 Å². The first-order chi connectivity index (χ1) is 16.5. The smallest absolute Gasteiger partial charge is 0.268 e. The Labute approximate surface area is 204 Å². The van der Waals surface area contributed by atoms with Crippen LogP contribution in [0.15, 0.2) is 66.2 Å². The number of rotatable bonds is 7. The third-order valence-electron chi connectivity index (χ3n) is 5.76. The molecule has 0 unspecified atom stereocenters. The zero-order valence-electron chi connectivity index (χ0n) is 19.2. The number of halogens is 1. The van der Waals surface area contributed by atoms with Gasteiger partial charge in [0.05, 0.1) is 11.6 Å². The molecule has 0 aromatic heterocycles. The van der Waals surface area contributed by atoms with E-state index in [4.69, 9.17) is 21.1 Å². The summed E-state index contributed by atoms with van der Waals surface area (Å²) >= 11 is 6.56. The van der Waals surface area contributed by atoms with E-state index in [1.807, 2.05) is 62.4 Å². The van der Waals surface area contributed by atoms with Gasteiger partial charge in [-0.05, 0) is 66.8 Å². The van der Waals surface area contributed by atoms with Crippen molar-refractivity contribution in [2.75, 3.05) is 18.1 Å². The third kappa shape index (κ3) is 4.93. The molecule has 172 valence electrons. The predicted octanol–water partition coefficient (Wildman–Crippen LogP) is 6.12. The van der Waals surface area contributed by atoms with Crippen LogP contribution in [-0.2, 0) is 17.8 Å². The van der Waals surface area contributed by atoms with Crippen LogP contribution >= 0.6 is 11.6 Å². The van der Waals surface area contributed by atoms with Gasteiger partial charge in [-0.25, -0.2) is 0 Å². The summed E-state index contributed by atoms with van der Waals surface area (Å²) in [6.45, 7) is 5.21. The van der Waals surface area contributed by atoms with E-state index in [2.05, 4.69) is 6.07 Å². The number of amides is 1. The summed E-state index contributed by atoms with van der Waals surface area (Å²) in [7, 11) is 0. The third-order valence-corrected chi connectivity index (χ3v) is 6.04. The van der Waals surface area contributed by atoms with Crippen molar-refractivity contribution >= 4 is 29.3 Å². The minimum absolute atomic E-state index is 0.0313.